The number of halogens is 1. The van der Waals surface area contributed by atoms with E-state index in [0.717, 1.165) is 0 Å². The molecule has 0 saturated heterocycles. The van der Waals surface area contributed by atoms with E-state index in [2.05, 4.69) is 19.2 Å². The number of alkyl halides is 1. The molecule has 66 valence electrons. The molecule has 0 atom stereocenters. The van der Waals surface area contributed by atoms with E-state index in [-0.39, 0.29) is 17.3 Å². The van der Waals surface area contributed by atoms with E-state index in [1.165, 1.54) is 0 Å². The molecule has 0 aromatic heterocycles. The SMILES string of the molecule is CC(C)C(C)(C)NC(=O)CCl. The topological polar surface area (TPSA) is 29.1 Å². The van der Waals surface area contributed by atoms with Crippen molar-refractivity contribution < 1.29 is 4.79 Å². The molecule has 0 aromatic carbocycles. The third-order valence-corrected chi connectivity index (χ3v) is 2.27. The lowest BCUT2D eigenvalue weighted by molar-refractivity contribution is -0.120. The molecule has 1 N–H and O–H groups in total. The molecule has 0 bridgehead atoms. The molecule has 11 heavy (non-hydrogen) atoms. The van der Waals surface area contributed by atoms with Crippen molar-refractivity contribution in [3.8, 4) is 0 Å². The summed E-state index contributed by atoms with van der Waals surface area (Å²) in [4.78, 5) is 10.9. The minimum Gasteiger partial charge on any atom is -0.350 e. The van der Waals surface area contributed by atoms with Crippen LogP contribution in [0.15, 0.2) is 0 Å². The van der Waals surface area contributed by atoms with Crippen LogP contribution in [0.5, 0.6) is 0 Å². The Labute approximate surface area is 73.3 Å². The Kier molecular flexibility index (Phi) is 3.87. The molecule has 0 heterocycles. The summed E-state index contributed by atoms with van der Waals surface area (Å²) in [6.45, 7) is 8.10. The number of nitrogens with one attached hydrogen (secondary N) is 1. The van der Waals surface area contributed by atoms with E-state index in [1.807, 2.05) is 13.8 Å². The molecule has 2 nitrogen and oxygen atoms in total. The van der Waals surface area contributed by atoms with Gasteiger partial charge >= 0.3 is 0 Å². The molecule has 0 aromatic rings. The molecule has 0 saturated carbocycles. The lowest BCUT2D eigenvalue weighted by atomic mass is 9.91. The monoisotopic (exact) mass is 177 g/mol. The zero-order chi connectivity index (χ0) is 9.07. The minimum absolute atomic E-state index is 0.0378. The molecule has 1 amide bonds. The van der Waals surface area contributed by atoms with Crippen LogP contribution in [0.25, 0.3) is 0 Å². The third-order valence-electron chi connectivity index (χ3n) is 2.03. The fraction of sp³-hybridized carbons (Fsp3) is 0.875. The second-order valence-electron chi connectivity index (χ2n) is 3.56. The summed E-state index contributed by atoms with van der Waals surface area (Å²) in [6.07, 6.45) is 0. The van der Waals surface area contributed by atoms with Crippen LogP contribution in [-0.2, 0) is 4.79 Å². The maximum Gasteiger partial charge on any atom is 0.235 e. The van der Waals surface area contributed by atoms with Crippen molar-refractivity contribution in [3.63, 3.8) is 0 Å². The van der Waals surface area contributed by atoms with E-state index in [0.29, 0.717) is 5.92 Å². The summed E-state index contributed by atoms with van der Waals surface area (Å²) in [7, 11) is 0. The highest BCUT2D eigenvalue weighted by molar-refractivity contribution is 6.27. The Balaban J connectivity index is 4.01. The Bertz CT molecular complexity index is 143. The second kappa shape index (κ2) is 3.96. The zero-order valence-corrected chi connectivity index (χ0v) is 8.33. The molecular weight excluding hydrogens is 162 g/mol. The molecule has 0 unspecified atom stereocenters. The first-order valence-corrected chi connectivity index (χ1v) is 4.30. The van der Waals surface area contributed by atoms with Gasteiger partial charge in [0.2, 0.25) is 5.91 Å². The number of amides is 1. The Morgan fingerprint density at radius 1 is 1.55 bits per heavy atom. The molecule has 0 aliphatic carbocycles. The molecule has 0 aliphatic heterocycles. The van der Waals surface area contributed by atoms with E-state index in [1.54, 1.807) is 0 Å². The van der Waals surface area contributed by atoms with Gasteiger partial charge in [0.25, 0.3) is 0 Å². The summed E-state index contributed by atoms with van der Waals surface area (Å²) >= 11 is 5.35. The van der Waals surface area contributed by atoms with E-state index < -0.39 is 0 Å². The van der Waals surface area contributed by atoms with Crippen molar-refractivity contribution in [1.82, 2.24) is 5.32 Å². The van der Waals surface area contributed by atoms with Crippen molar-refractivity contribution in [2.45, 2.75) is 33.2 Å². The molecular formula is C8H16ClNO. The maximum atomic E-state index is 10.9. The van der Waals surface area contributed by atoms with Gasteiger partial charge in [-0.1, -0.05) is 13.8 Å². The first-order chi connectivity index (χ1) is 4.90. The van der Waals surface area contributed by atoms with Gasteiger partial charge in [0, 0.05) is 5.54 Å². The van der Waals surface area contributed by atoms with Gasteiger partial charge in [-0.15, -0.1) is 11.6 Å². The van der Waals surface area contributed by atoms with Gasteiger partial charge in [-0.25, -0.2) is 0 Å². The number of carbonyl (C=O) groups is 1. The predicted molar refractivity (Wildman–Crippen MR) is 47.8 cm³/mol. The van der Waals surface area contributed by atoms with Crippen LogP contribution in [0.2, 0.25) is 0 Å². The molecule has 0 aliphatic rings. The van der Waals surface area contributed by atoms with Crippen molar-refractivity contribution >= 4 is 17.5 Å². The van der Waals surface area contributed by atoms with E-state index >= 15 is 0 Å². The predicted octanol–water partition coefficient (Wildman–Crippen LogP) is 1.78. The average molecular weight is 178 g/mol. The molecule has 0 radical (unpaired) electrons. The average Bonchev–Trinajstić information content (AvgIpc) is 1.86. The fourth-order valence-electron chi connectivity index (χ4n) is 0.537. The largest absolute Gasteiger partial charge is 0.350 e. The smallest absolute Gasteiger partial charge is 0.235 e. The first-order valence-electron chi connectivity index (χ1n) is 3.77. The quantitative estimate of drug-likeness (QED) is 0.655. The van der Waals surface area contributed by atoms with Crippen LogP contribution in [-0.4, -0.2) is 17.3 Å². The Hall–Kier alpha value is -0.240. The lowest BCUT2D eigenvalue weighted by Crippen LogP contribution is -2.47. The third kappa shape index (κ3) is 3.61. The molecule has 0 rings (SSSR count). The Morgan fingerprint density at radius 3 is 2.27 bits per heavy atom. The molecule has 0 fully saturated rings. The van der Waals surface area contributed by atoms with Gasteiger partial charge in [0.15, 0.2) is 0 Å². The summed E-state index contributed by atoms with van der Waals surface area (Å²) in [6, 6.07) is 0. The van der Waals surface area contributed by atoms with Crippen molar-refractivity contribution in [3.05, 3.63) is 0 Å². The van der Waals surface area contributed by atoms with Crippen LogP contribution < -0.4 is 5.32 Å². The standard InChI is InChI=1S/C8H16ClNO/c1-6(2)8(3,4)10-7(11)5-9/h6H,5H2,1-4H3,(H,10,11). The minimum atomic E-state index is -0.161. The van der Waals surface area contributed by atoms with Crippen LogP contribution >= 0.6 is 11.6 Å². The summed E-state index contributed by atoms with van der Waals surface area (Å²) in [5.74, 6) is 0.343. The van der Waals surface area contributed by atoms with Crippen molar-refractivity contribution in [2.75, 3.05) is 5.88 Å². The number of hydrogen-bond donors (Lipinski definition) is 1. The highest BCUT2D eigenvalue weighted by Crippen LogP contribution is 2.14. The highest BCUT2D eigenvalue weighted by atomic mass is 35.5. The van der Waals surface area contributed by atoms with Gasteiger partial charge in [0.1, 0.15) is 5.88 Å². The highest BCUT2D eigenvalue weighted by Gasteiger charge is 2.23. The van der Waals surface area contributed by atoms with Crippen LogP contribution in [0, 0.1) is 5.92 Å². The number of hydrogen-bond acceptors (Lipinski definition) is 1. The van der Waals surface area contributed by atoms with Gasteiger partial charge in [0.05, 0.1) is 0 Å². The van der Waals surface area contributed by atoms with Gasteiger partial charge in [-0.05, 0) is 19.8 Å². The lowest BCUT2D eigenvalue weighted by Gasteiger charge is -2.30. The fourth-order valence-corrected chi connectivity index (χ4v) is 0.604. The normalized spacial score (nSPS) is 11.8. The summed E-state index contributed by atoms with van der Waals surface area (Å²) < 4.78 is 0. The van der Waals surface area contributed by atoms with Crippen molar-refractivity contribution in [2.24, 2.45) is 5.92 Å². The first kappa shape index (κ1) is 10.8. The zero-order valence-electron chi connectivity index (χ0n) is 7.57. The van der Waals surface area contributed by atoms with Gasteiger partial charge in [-0.3, -0.25) is 4.79 Å². The van der Waals surface area contributed by atoms with Crippen LogP contribution in [0.1, 0.15) is 27.7 Å². The maximum absolute atomic E-state index is 10.9. The molecule has 0 spiro atoms. The number of carbonyl (C=O) groups excluding carboxylic acids is 1. The molecule has 3 heteroatoms. The number of rotatable bonds is 3. The summed E-state index contributed by atoms with van der Waals surface area (Å²) in [5.41, 5.74) is -0.161. The summed E-state index contributed by atoms with van der Waals surface area (Å²) in [5, 5.41) is 2.83. The van der Waals surface area contributed by atoms with Gasteiger partial charge in [-0.2, -0.15) is 0 Å². The van der Waals surface area contributed by atoms with Crippen molar-refractivity contribution in [1.29, 1.82) is 0 Å². The van der Waals surface area contributed by atoms with E-state index in [9.17, 15) is 4.79 Å². The van der Waals surface area contributed by atoms with Crippen LogP contribution in [0.4, 0.5) is 0 Å². The second-order valence-corrected chi connectivity index (χ2v) is 3.83. The van der Waals surface area contributed by atoms with E-state index in [4.69, 9.17) is 11.6 Å². The van der Waals surface area contributed by atoms with Gasteiger partial charge < -0.3 is 5.32 Å². The van der Waals surface area contributed by atoms with Crippen LogP contribution in [0.3, 0.4) is 0 Å². The Morgan fingerprint density at radius 2 is 2.00 bits per heavy atom.